The zero-order valence-electron chi connectivity index (χ0n) is 9.28. The first-order valence-corrected chi connectivity index (χ1v) is 5.96. The number of likely N-dealkylation sites (tertiary alicyclic amines) is 2. The highest BCUT2D eigenvalue weighted by atomic mass is 15.3. The van der Waals surface area contributed by atoms with Gasteiger partial charge in [-0.1, -0.05) is 6.92 Å². The van der Waals surface area contributed by atoms with Crippen molar-refractivity contribution in [2.75, 3.05) is 39.3 Å². The highest BCUT2D eigenvalue weighted by Gasteiger charge is 2.30. The van der Waals surface area contributed by atoms with Gasteiger partial charge in [-0.05, 0) is 44.9 Å². The van der Waals surface area contributed by atoms with Crippen molar-refractivity contribution in [3.63, 3.8) is 0 Å². The van der Waals surface area contributed by atoms with Crippen molar-refractivity contribution in [2.24, 2.45) is 11.7 Å². The first kappa shape index (κ1) is 10.4. The van der Waals surface area contributed by atoms with E-state index in [-0.39, 0.29) is 0 Å². The van der Waals surface area contributed by atoms with E-state index in [1.807, 2.05) is 0 Å². The van der Waals surface area contributed by atoms with Crippen molar-refractivity contribution in [1.82, 2.24) is 9.80 Å². The van der Waals surface area contributed by atoms with E-state index in [0.717, 1.165) is 12.6 Å². The first-order chi connectivity index (χ1) is 6.79. The highest BCUT2D eigenvalue weighted by molar-refractivity contribution is 4.87. The summed E-state index contributed by atoms with van der Waals surface area (Å²) in [7, 11) is 0. The van der Waals surface area contributed by atoms with Crippen molar-refractivity contribution in [1.29, 1.82) is 0 Å². The minimum atomic E-state index is 0.658. The van der Waals surface area contributed by atoms with Gasteiger partial charge in [0.2, 0.25) is 0 Å². The molecule has 3 heteroatoms. The molecule has 82 valence electrons. The predicted octanol–water partition coefficient (Wildman–Crippen LogP) is 0.361. The van der Waals surface area contributed by atoms with Crippen molar-refractivity contribution >= 4 is 0 Å². The van der Waals surface area contributed by atoms with Gasteiger partial charge in [-0.15, -0.1) is 0 Å². The number of rotatable bonds is 4. The third kappa shape index (κ3) is 2.27. The molecule has 2 rings (SSSR count). The lowest BCUT2D eigenvalue weighted by atomic mass is 10.1. The molecule has 2 fully saturated rings. The van der Waals surface area contributed by atoms with Crippen molar-refractivity contribution in [2.45, 2.75) is 25.8 Å². The summed E-state index contributed by atoms with van der Waals surface area (Å²) >= 11 is 0. The van der Waals surface area contributed by atoms with Crippen LogP contribution in [0.2, 0.25) is 0 Å². The number of nitrogens with two attached hydrogens (primary N) is 1. The zero-order valence-corrected chi connectivity index (χ0v) is 9.28. The minimum absolute atomic E-state index is 0.658. The van der Waals surface area contributed by atoms with Crippen LogP contribution in [0, 0.1) is 5.92 Å². The van der Waals surface area contributed by atoms with Crippen molar-refractivity contribution < 1.29 is 0 Å². The third-order valence-electron chi connectivity index (χ3n) is 3.63. The van der Waals surface area contributed by atoms with Gasteiger partial charge in [-0.2, -0.15) is 0 Å². The Morgan fingerprint density at radius 3 is 2.71 bits per heavy atom. The molecule has 0 bridgehead atoms. The summed E-state index contributed by atoms with van der Waals surface area (Å²) < 4.78 is 0. The van der Waals surface area contributed by atoms with Gasteiger partial charge in [0.15, 0.2) is 0 Å². The van der Waals surface area contributed by atoms with E-state index in [1.165, 1.54) is 45.6 Å². The van der Waals surface area contributed by atoms with E-state index in [1.54, 1.807) is 0 Å². The van der Waals surface area contributed by atoms with Crippen LogP contribution < -0.4 is 5.73 Å². The predicted molar refractivity (Wildman–Crippen MR) is 59.3 cm³/mol. The normalized spacial score (nSPS) is 31.7. The lowest BCUT2D eigenvalue weighted by molar-refractivity contribution is 0.118. The molecule has 0 saturated carbocycles. The molecule has 0 aromatic heterocycles. The maximum atomic E-state index is 5.64. The number of nitrogens with zero attached hydrogens (tertiary/aromatic N) is 2. The van der Waals surface area contributed by atoms with E-state index in [0.29, 0.717) is 5.92 Å². The van der Waals surface area contributed by atoms with Crippen molar-refractivity contribution in [3.05, 3.63) is 0 Å². The molecule has 2 N–H and O–H groups in total. The second kappa shape index (κ2) is 4.60. The van der Waals surface area contributed by atoms with Crippen LogP contribution in [-0.2, 0) is 0 Å². The molecule has 2 atom stereocenters. The van der Waals surface area contributed by atoms with Gasteiger partial charge in [0.1, 0.15) is 0 Å². The summed E-state index contributed by atoms with van der Waals surface area (Å²) in [5, 5.41) is 0. The molecule has 0 spiro atoms. The smallest absolute Gasteiger partial charge is 0.0235 e. The molecular formula is C11H23N3. The Bertz CT molecular complexity index is 179. The Kier molecular flexibility index (Phi) is 3.42. The van der Waals surface area contributed by atoms with Crippen LogP contribution in [0.4, 0.5) is 0 Å². The number of hydrogen-bond donors (Lipinski definition) is 1. The van der Waals surface area contributed by atoms with Gasteiger partial charge in [0, 0.05) is 19.1 Å². The van der Waals surface area contributed by atoms with Crippen molar-refractivity contribution in [3.8, 4) is 0 Å². The standard InChI is InChI=1S/C11H23N3/c1-10(7-12)8-13-6-3-11(9-13)14-4-2-5-14/h10-11H,2-9,12H2,1H3. The van der Waals surface area contributed by atoms with Crippen LogP contribution >= 0.6 is 0 Å². The molecule has 0 aliphatic carbocycles. The van der Waals surface area contributed by atoms with Gasteiger partial charge >= 0.3 is 0 Å². The van der Waals surface area contributed by atoms with E-state index < -0.39 is 0 Å². The zero-order chi connectivity index (χ0) is 9.97. The molecule has 2 aliphatic rings. The van der Waals surface area contributed by atoms with E-state index >= 15 is 0 Å². The Hall–Kier alpha value is -0.120. The maximum Gasteiger partial charge on any atom is 0.0235 e. The van der Waals surface area contributed by atoms with E-state index in [9.17, 15) is 0 Å². The van der Waals surface area contributed by atoms with E-state index in [2.05, 4.69) is 16.7 Å². The quantitative estimate of drug-likeness (QED) is 0.706. The highest BCUT2D eigenvalue weighted by Crippen LogP contribution is 2.20. The Balaban J connectivity index is 1.71. The van der Waals surface area contributed by atoms with Gasteiger partial charge in [0.25, 0.3) is 0 Å². The Labute approximate surface area is 87.2 Å². The lowest BCUT2D eigenvalue weighted by Crippen LogP contribution is -2.46. The summed E-state index contributed by atoms with van der Waals surface area (Å²) in [6.07, 6.45) is 2.78. The topological polar surface area (TPSA) is 32.5 Å². The van der Waals surface area contributed by atoms with Gasteiger partial charge < -0.3 is 10.6 Å². The van der Waals surface area contributed by atoms with Crippen LogP contribution in [-0.4, -0.2) is 55.1 Å². The SMILES string of the molecule is CC(CN)CN1CCC(N2CCC2)C1. The molecule has 2 aliphatic heterocycles. The lowest BCUT2D eigenvalue weighted by Gasteiger charge is -2.36. The summed E-state index contributed by atoms with van der Waals surface area (Å²) in [5.74, 6) is 0.658. The Morgan fingerprint density at radius 1 is 1.36 bits per heavy atom. The number of hydrogen-bond acceptors (Lipinski definition) is 3. The van der Waals surface area contributed by atoms with Crippen LogP contribution in [0.25, 0.3) is 0 Å². The van der Waals surface area contributed by atoms with Crippen LogP contribution in [0.3, 0.4) is 0 Å². The monoisotopic (exact) mass is 197 g/mol. The van der Waals surface area contributed by atoms with E-state index in [4.69, 9.17) is 5.73 Å². The first-order valence-electron chi connectivity index (χ1n) is 5.96. The molecule has 0 aromatic rings. The summed E-state index contributed by atoms with van der Waals surface area (Å²) in [4.78, 5) is 5.22. The minimum Gasteiger partial charge on any atom is -0.330 e. The largest absolute Gasteiger partial charge is 0.330 e. The summed E-state index contributed by atoms with van der Waals surface area (Å²) in [6.45, 7) is 9.51. The van der Waals surface area contributed by atoms with Crippen LogP contribution in [0.1, 0.15) is 19.8 Å². The van der Waals surface area contributed by atoms with Gasteiger partial charge in [-0.25, -0.2) is 0 Å². The summed E-state index contributed by atoms with van der Waals surface area (Å²) in [6, 6.07) is 0.855. The Morgan fingerprint density at radius 2 is 2.14 bits per heavy atom. The van der Waals surface area contributed by atoms with Gasteiger partial charge in [0.05, 0.1) is 0 Å². The van der Waals surface area contributed by atoms with Crippen LogP contribution in [0.5, 0.6) is 0 Å². The molecule has 0 aromatic carbocycles. The van der Waals surface area contributed by atoms with Gasteiger partial charge in [-0.3, -0.25) is 4.90 Å². The molecule has 0 radical (unpaired) electrons. The fourth-order valence-corrected chi connectivity index (χ4v) is 2.50. The van der Waals surface area contributed by atoms with Crippen LogP contribution in [0.15, 0.2) is 0 Å². The average Bonchev–Trinajstić information content (AvgIpc) is 2.50. The molecular weight excluding hydrogens is 174 g/mol. The molecule has 2 heterocycles. The fraction of sp³-hybridized carbons (Fsp3) is 1.00. The average molecular weight is 197 g/mol. The second-order valence-electron chi connectivity index (χ2n) is 4.93. The summed E-state index contributed by atoms with van der Waals surface area (Å²) in [5.41, 5.74) is 5.64. The molecule has 14 heavy (non-hydrogen) atoms. The third-order valence-corrected chi connectivity index (χ3v) is 3.63. The molecule has 0 amide bonds. The fourth-order valence-electron chi connectivity index (χ4n) is 2.50. The molecule has 2 saturated heterocycles. The maximum absolute atomic E-state index is 5.64. The molecule has 2 unspecified atom stereocenters. The second-order valence-corrected chi connectivity index (χ2v) is 4.93. The molecule has 3 nitrogen and oxygen atoms in total.